The van der Waals surface area contributed by atoms with Crippen molar-refractivity contribution in [2.24, 2.45) is 5.92 Å². The number of nitrogens with one attached hydrogen (secondary N) is 1. The molecule has 1 N–H and O–H groups in total. The number of ether oxygens (including phenoxy) is 1. The summed E-state index contributed by atoms with van der Waals surface area (Å²) in [6, 6.07) is 0. The molecule has 1 amide bonds. The molecule has 1 atom stereocenters. The van der Waals surface area contributed by atoms with E-state index in [4.69, 9.17) is 4.74 Å². The summed E-state index contributed by atoms with van der Waals surface area (Å²) >= 11 is 0. The number of hydrogen-bond donors (Lipinski definition) is 1. The number of likely N-dealkylation sites (tertiary alicyclic amines) is 1. The van der Waals surface area contributed by atoms with Gasteiger partial charge in [-0.05, 0) is 65.8 Å². The standard InChI is InChI=1S/C15H28N2O2/c1-14(2,3)19-13(18)17-10-6-12(7-11-17)15(4)8-5-9-16-15/h12,16H,5-11H2,1-4H3. The van der Waals surface area contributed by atoms with Crippen molar-refractivity contribution in [1.29, 1.82) is 0 Å². The zero-order chi connectivity index (χ0) is 14.1. The van der Waals surface area contributed by atoms with Crippen LogP contribution in [0, 0.1) is 5.92 Å². The molecule has 0 aromatic heterocycles. The van der Waals surface area contributed by atoms with E-state index < -0.39 is 5.60 Å². The Bertz CT molecular complexity index is 322. The highest BCUT2D eigenvalue weighted by molar-refractivity contribution is 5.68. The summed E-state index contributed by atoms with van der Waals surface area (Å²) < 4.78 is 5.43. The molecule has 0 bridgehead atoms. The predicted octanol–water partition coefficient (Wildman–Crippen LogP) is 2.78. The third-order valence-electron chi connectivity index (χ3n) is 4.45. The summed E-state index contributed by atoms with van der Waals surface area (Å²) in [6.07, 6.45) is 4.56. The van der Waals surface area contributed by atoms with Gasteiger partial charge in [0.25, 0.3) is 0 Å². The number of nitrogens with zero attached hydrogens (tertiary/aromatic N) is 1. The summed E-state index contributed by atoms with van der Waals surface area (Å²) in [5.41, 5.74) is -0.104. The van der Waals surface area contributed by atoms with E-state index in [1.165, 1.54) is 12.8 Å². The maximum absolute atomic E-state index is 12.0. The lowest BCUT2D eigenvalue weighted by molar-refractivity contribution is 0.0144. The van der Waals surface area contributed by atoms with E-state index in [1.807, 2.05) is 25.7 Å². The van der Waals surface area contributed by atoms with Crippen LogP contribution in [0.4, 0.5) is 4.79 Å². The molecule has 0 aromatic rings. The minimum atomic E-state index is -0.396. The summed E-state index contributed by atoms with van der Waals surface area (Å²) in [5.74, 6) is 0.689. The van der Waals surface area contributed by atoms with Crippen molar-refractivity contribution in [3.05, 3.63) is 0 Å². The Balaban J connectivity index is 1.84. The molecule has 1 unspecified atom stereocenters. The van der Waals surface area contributed by atoms with Gasteiger partial charge in [0.2, 0.25) is 0 Å². The van der Waals surface area contributed by atoms with Crippen LogP contribution in [-0.2, 0) is 4.74 Å². The SMILES string of the molecule is CC(C)(C)OC(=O)N1CCC(C2(C)CCCN2)CC1. The normalized spacial score (nSPS) is 29.6. The molecule has 0 aromatic carbocycles. The van der Waals surface area contributed by atoms with Gasteiger partial charge in [-0.3, -0.25) is 0 Å². The second kappa shape index (κ2) is 5.31. The molecule has 2 heterocycles. The van der Waals surface area contributed by atoms with Crippen LogP contribution in [-0.4, -0.2) is 41.8 Å². The van der Waals surface area contributed by atoms with Gasteiger partial charge in [-0.1, -0.05) is 0 Å². The Morgan fingerprint density at radius 1 is 1.32 bits per heavy atom. The molecule has 0 aliphatic carbocycles. The first-order valence-corrected chi connectivity index (χ1v) is 7.53. The first-order chi connectivity index (χ1) is 8.80. The number of amides is 1. The Morgan fingerprint density at radius 3 is 2.42 bits per heavy atom. The molecule has 19 heavy (non-hydrogen) atoms. The first-order valence-electron chi connectivity index (χ1n) is 7.53. The summed E-state index contributed by atoms with van der Waals surface area (Å²) in [6.45, 7) is 10.9. The van der Waals surface area contributed by atoms with Crippen LogP contribution in [0.2, 0.25) is 0 Å². The fourth-order valence-corrected chi connectivity index (χ4v) is 3.29. The highest BCUT2D eigenvalue weighted by Gasteiger charge is 2.39. The lowest BCUT2D eigenvalue weighted by atomic mass is 9.78. The number of carbonyl (C=O) groups is 1. The minimum Gasteiger partial charge on any atom is -0.444 e. The van der Waals surface area contributed by atoms with Crippen molar-refractivity contribution >= 4 is 6.09 Å². The largest absolute Gasteiger partial charge is 0.444 e. The molecule has 4 heteroatoms. The molecule has 4 nitrogen and oxygen atoms in total. The number of rotatable bonds is 1. The number of piperidine rings is 1. The molecular formula is C15H28N2O2. The van der Waals surface area contributed by atoms with Gasteiger partial charge in [0.05, 0.1) is 0 Å². The van der Waals surface area contributed by atoms with Gasteiger partial charge in [0, 0.05) is 18.6 Å². The van der Waals surface area contributed by atoms with E-state index in [0.29, 0.717) is 11.5 Å². The maximum atomic E-state index is 12.0. The fraction of sp³-hybridized carbons (Fsp3) is 0.933. The average molecular weight is 268 g/mol. The van der Waals surface area contributed by atoms with Crippen LogP contribution >= 0.6 is 0 Å². The van der Waals surface area contributed by atoms with E-state index in [9.17, 15) is 4.79 Å². The van der Waals surface area contributed by atoms with Crippen LogP contribution in [0.15, 0.2) is 0 Å². The second-order valence-electron chi connectivity index (χ2n) is 7.19. The highest BCUT2D eigenvalue weighted by atomic mass is 16.6. The van der Waals surface area contributed by atoms with E-state index in [-0.39, 0.29) is 6.09 Å². The van der Waals surface area contributed by atoms with E-state index in [1.54, 1.807) is 0 Å². The van der Waals surface area contributed by atoms with Crippen LogP contribution in [0.1, 0.15) is 53.4 Å². The Labute approximate surface area is 116 Å². The molecule has 2 aliphatic rings. The van der Waals surface area contributed by atoms with E-state index >= 15 is 0 Å². The number of hydrogen-bond acceptors (Lipinski definition) is 3. The van der Waals surface area contributed by atoms with Crippen molar-refractivity contribution in [3.8, 4) is 0 Å². The van der Waals surface area contributed by atoms with Gasteiger partial charge < -0.3 is 15.0 Å². The maximum Gasteiger partial charge on any atom is 0.410 e. The van der Waals surface area contributed by atoms with Crippen LogP contribution in [0.5, 0.6) is 0 Å². The van der Waals surface area contributed by atoms with Gasteiger partial charge in [0.1, 0.15) is 5.60 Å². The molecular weight excluding hydrogens is 240 g/mol. The quantitative estimate of drug-likeness (QED) is 0.795. The van der Waals surface area contributed by atoms with E-state index in [0.717, 1.165) is 32.5 Å². The number of carbonyl (C=O) groups excluding carboxylic acids is 1. The van der Waals surface area contributed by atoms with Crippen molar-refractivity contribution < 1.29 is 9.53 Å². The predicted molar refractivity (Wildman–Crippen MR) is 76.2 cm³/mol. The molecule has 0 saturated carbocycles. The van der Waals surface area contributed by atoms with Crippen LogP contribution in [0.25, 0.3) is 0 Å². The Morgan fingerprint density at radius 2 is 1.95 bits per heavy atom. The average Bonchev–Trinajstić information content (AvgIpc) is 2.75. The van der Waals surface area contributed by atoms with Crippen molar-refractivity contribution in [2.45, 2.75) is 64.5 Å². The second-order valence-corrected chi connectivity index (χ2v) is 7.19. The topological polar surface area (TPSA) is 41.6 Å². The fourth-order valence-electron chi connectivity index (χ4n) is 3.29. The van der Waals surface area contributed by atoms with Gasteiger partial charge in [0.15, 0.2) is 0 Å². The molecule has 110 valence electrons. The van der Waals surface area contributed by atoms with Crippen LogP contribution < -0.4 is 5.32 Å². The summed E-state index contributed by atoms with van der Waals surface area (Å²) in [5, 5.41) is 3.65. The monoisotopic (exact) mass is 268 g/mol. The first kappa shape index (κ1) is 14.6. The zero-order valence-corrected chi connectivity index (χ0v) is 12.8. The molecule has 0 spiro atoms. The van der Waals surface area contributed by atoms with Gasteiger partial charge >= 0.3 is 6.09 Å². The van der Waals surface area contributed by atoms with Crippen molar-refractivity contribution in [3.63, 3.8) is 0 Å². The molecule has 0 radical (unpaired) electrons. The van der Waals surface area contributed by atoms with Gasteiger partial charge in [-0.15, -0.1) is 0 Å². The zero-order valence-electron chi connectivity index (χ0n) is 12.8. The van der Waals surface area contributed by atoms with Crippen molar-refractivity contribution in [2.75, 3.05) is 19.6 Å². The summed E-state index contributed by atoms with van der Waals surface area (Å²) in [4.78, 5) is 13.9. The lowest BCUT2D eigenvalue weighted by Gasteiger charge is -2.41. The minimum absolute atomic E-state index is 0.157. The van der Waals surface area contributed by atoms with Gasteiger partial charge in [-0.2, -0.15) is 0 Å². The third kappa shape index (κ3) is 3.62. The lowest BCUT2D eigenvalue weighted by Crippen LogP contribution is -2.50. The van der Waals surface area contributed by atoms with Crippen molar-refractivity contribution in [1.82, 2.24) is 10.2 Å². The smallest absolute Gasteiger partial charge is 0.410 e. The van der Waals surface area contributed by atoms with Gasteiger partial charge in [-0.25, -0.2) is 4.79 Å². The molecule has 2 saturated heterocycles. The Kier molecular flexibility index (Phi) is 4.09. The molecule has 2 aliphatic heterocycles. The Hall–Kier alpha value is -0.770. The summed E-state index contributed by atoms with van der Waals surface area (Å²) in [7, 11) is 0. The van der Waals surface area contributed by atoms with E-state index in [2.05, 4.69) is 12.2 Å². The molecule has 2 fully saturated rings. The molecule has 2 rings (SSSR count). The van der Waals surface area contributed by atoms with Crippen LogP contribution in [0.3, 0.4) is 0 Å². The highest BCUT2D eigenvalue weighted by Crippen LogP contribution is 2.34. The third-order valence-corrected chi connectivity index (χ3v) is 4.45.